The van der Waals surface area contributed by atoms with E-state index in [2.05, 4.69) is 167 Å². The highest BCUT2D eigenvalue weighted by Gasteiger charge is 2.22. The first kappa shape index (κ1) is 25.3. The van der Waals surface area contributed by atoms with Crippen molar-refractivity contribution in [2.75, 3.05) is 0 Å². The van der Waals surface area contributed by atoms with Gasteiger partial charge in [-0.05, 0) is 57.9 Å². The maximum atomic E-state index is 2.51. The molecule has 8 aromatic carbocycles. The van der Waals surface area contributed by atoms with E-state index in [0.717, 1.165) is 0 Å². The van der Waals surface area contributed by atoms with Crippen molar-refractivity contribution in [1.29, 1.82) is 0 Å². The SMILES string of the molecule is c1ccc(-n2c3ccc4ccccc4c3c3ccc4c5ccccc5n(-c5ccc6c(c5)sc5c7ccccc7ccc65)c4c32)cc1. The average Bonchev–Trinajstić information content (AvgIpc) is 3.79. The van der Waals surface area contributed by atoms with Gasteiger partial charge in [0.2, 0.25) is 0 Å². The number of fused-ring (bicyclic) bond motifs is 14. The van der Waals surface area contributed by atoms with E-state index in [1.54, 1.807) is 0 Å². The lowest BCUT2D eigenvalue weighted by molar-refractivity contribution is 1.15. The molecule has 0 atom stereocenters. The van der Waals surface area contributed by atoms with Gasteiger partial charge in [-0.25, -0.2) is 0 Å². The molecule has 3 aromatic heterocycles. The second-order valence-electron chi connectivity index (χ2n) is 12.5. The molecule has 0 radical (unpaired) electrons. The summed E-state index contributed by atoms with van der Waals surface area (Å²) in [5.74, 6) is 0. The van der Waals surface area contributed by atoms with E-state index in [1.165, 1.54) is 96.7 Å². The van der Waals surface area contributed by atoms with Crippen LogP contribution in [-0.4, -0.2) is 9.13 Å². The Morgan fingerprint density at radius 3 is 1.85 bits per heavy atom. The number of thiophene rings is 1. The molecule has 11 rings (SSSR count). The molecule has 11 aromatic rings. The van der Waals surface area contributed by atoms with Gasteiger partial charge in [-0.2, -0.15) is 0 Å². The van der Waals surface area contributed by atoms with Crippen LogP contribution in [0.25, 0.3) is 96.7 Å². The van der Waals surface area contributed by atoms with Crippen molar-refractivity contribution in [1.82, 2.24) is 9.13 Å². The molecule has 0 amide bonds. The average molecular weight is 615 g/mol. The van der Waals surface area contributed by atoms with Crippen LogP contribution in [0.15, 0.2) is 158 Å². The quantitative estimate of drug-likeness (QED) is 0.183. The Kier molecular flexibility index (Phi) is 5.02. The van der Waals surface area contributed by atoms with Gasteiger partial charge < -0.3 is 9.13 Å². The number of rotatable bonds is 2. The number of hydrogen-bond donors (Lipinski definition) is 0. The van der Waals surface area contributed by atoms with Gasteiger partial charge in [0.25, 0.3) is 0 Å². The van der Waals surface area contributed by atoms with Crippen molar-refractivity contribution in [3.05, 3.63) is 158 Å². The normalized spacial score (nSPS) is 12.3. The monoisotopic (exact) mass is 614 g/mol. The highest BCUT2D eigenvalue weighted by Crippen LogP contribution is 2.45. The van der Waals surface area contributed by atoms with Crippen molar-refractivity contribution < 1.29 is 0 Å². The molecule has 0 N–H and O–H groups in total. The fraction of sp³-hybridized carbons (Fsp3) is 0. The minimum atomic E-state index is 1.17. The molecule has 0 spiro atoms. The van der Waals surface area contributed by atoms with Gasteiger partial charge in [0, 0.05) is 53.1 Å². The van der Waals surface area contributed by atoms with Crippen LogP contribution in [0.3, 0.4) is 0 Å². The lowest BCUT2D eigenvalue weighted by Crippen LogP contribution is -1.98. The Bertz CT molecular complexity index is 3070. The van der Waals surface area contributed by atoms with Crippen LogP contribution >= 0.6 is 11.3 Å². The van der Waals surface area contributed by atoms with E-state index in [-0.39, 0.29) is 0 Å². The third-order valence-electron chi connectivity index (χ3n) is 10.1. The predicted octanol–water partition coefficient (Wildman–Crippen LogP) is 12.6. The van der Waals surface area contributed by atoms with Gasteiger partial charge in [0.15, 0.2) is 0 Å². The van der Waals surface area contributed by atoms with E-state index >= 15 is 0 Å². The van der Waals surface area contributed by atoms with Gasteiger partial charge >= 0.3 is 0 Å². The Balaban J connectivity index is 1.33. The molecular weight excluding hydrogens is 589 g/mol. The minimum absolute atomic E-state index is 1.17. The molecule has 47 heavy (non-hydrogen) atoms. The highest BCUT2D eigenvalue weighted by atomic mass is 32.1. The highest BCUT2D eigenvalue weighted by molar-refractivity contribution is 7.26. The van der Waals surface area contributed by atoms with Gasteiger partial charge in [-0.15, -0.1) is 11.3 Å². The Morgan fingerprint density at radius 1 is 0.362 bits per heavy atom. The summed E-state index contributed by atoms with van der Waals surface area (Å²) >= 11 is 1.90. The summed E-state index contributed by atoms with van der Waals surface area (Å²) in [6.07, 6.45) is 0. The second kappa shape index (κ2) is 9.32. The van der Waals surface area contributed by atoms with Crippen LogP contribution in [0.5, 0.6) is 0 Å². The molecule has 218 valence electrons. The summed E-state index contributed by atoms with van der Waals surface area (Å²) in [5.41, 5.74) is 7.26. The Labute approximate surface area is 273 Å². The first-order valence-electron chi connectivity index (χ1n) is 16.1. The van der Waals surface area contributed by atoms with Crippen molar-refractivity contribution in [2.24, 2.45) is 0 Å². The summed E-state index contributed by atoms with van der Waals surface area (Å²) in [6.45, 7) is 0. The van der Waals surface area contributed by atoms with Crippen LogP contribution < -0.4 is 0 Å². The lowest BCUT2D eigenvalue weighted by atomic mass is 10.0. The zero-order chi connectivity index (χ0) is 30.6. The van der Waals surface area contributed by atoms with Crippen molar-refractivity contribution in [3.63, 3.8) is 0 Å². The summed E-state index contributed by atoms with van der Waals surface area (Å²) in [4.78, 5) is 0. The molecule has 3 heterocycles. The molecule has 3 heteroatoms. The van der Waals surface area contributed by atoms with Crippen LogP contribution in [0.2, 0.25) is 0 Å². The summed E-state index contributed by atoms with van der Waals surface area (Å²) in [7, 11) is 0. The second-order valence-corrected chi connectivity index (χ2v) is 13.6. The van der Waals surface area contributed by atoms with Crippen LogP contribution in [-0.2, 0) is 0 Å². The van der Waals surface area contributed by atoms with E-state index in [9.17, 15) is 0 Å². The number of nitrogens with zero attached hydrogens (tertiary/aromatic N) is 2. The topological polar surface area (TPSA) is 9.86 Å². The first-order valence-corrected chi connectivity index (χ1v) is 16.9. The molecule has 0 aliphatic carbocycles. The number of hydrogen-bond acceptors (Lipinski definition) is 1. The molecule has 0 unspecified atom stereocenters. The first-order chi connectivity index (χ1) is 23.3. The van der Waals surface area contributed by atoms with E-state index in [1.807, 2.05) is 11.3 Å². The Morgan fingerprint density at radius 2 is 0.979 bits per heavy atom. The number of benzene rings is 8. The predicted molar refractivity (Wildman–Crippen MR) is 203 cm³/mol. The molecule has 0 bridgehead atoms. The summed E-state index contributed by atoms with van der Waals surface area (Å²) in [6, 6.07) is 58.1. The van der Waals surface area contributed by atoms with Gasteiger partial charge in [0.05, 0.1) is 22.1 Å². The van der Waals surface area contributed by atoms with Crippen molar-refractivity contribution in [2.45, 2.75) is 0 Å². The van der Waals surface area contributed by atoms with Crippen molar-refractivity contribution in [3.8, 4) is 11.4 Å². The fourth-order valence-electron chi connectivity index (χ4n) is 8.06. The maximum absolute atomic E-state index is 2.51. The van der Waals surface area contributed by atoms with Crippen molar-refractivity contribution >= 4 is 96.7 Å². The fourth-order valence-corrected chi connectivity index (χ4v) is 9.34. The zero-order valence-corrected chi connectivity index (χ0v) is 26.1. The smallest absolute Gasteiger partial charge is 0.0789 e. The third kappa shape index (κ3) is 3.39. The maximum Gasteiger partial charge on any atom is 0.0789 e. The minimum Gasteiger partial charge on any atom is -0.307 e. The zero-order valence-electron chi connectivity index (χ0n) is 25.3. The molecule has 0 saturated heterocycles. The lowest BCUT2D eigenvalue weighted by Gasteiger charge is -2.12. The summed E-state index contributed by atoms with van der Waals surface area (Å²) in [5, 5.41) is 12.9. The van der Waals surface area contributed by atoms with E-state index in [4.69, 9.17) is 0 Å². The van der Waals surface area contributed by atoms with E-state index < -0.39 is 0 Å². The number of para-hydroxylation sites is 2. The molecule has 0 saturated carbocycles. The third-order valence-corrected chi connectivity index (χ3v) is 11.3. The van der Waals surface area contributed by atoms with Crippen LogP contribution in [0, 0.1) is 0 Å². The molecule has 2 nitrogen and oxygen atoms in total. The molecule has 0 aliphatic heterocycles. The van der Waals surface area contributed by atoms with Gasteiger partial charge in [-0.3, -0.25) is 0 Å². The van der Waals surface area contributed by atoms with Crippen LogP contribution in [0.4, 0.5) is 0 Å². The Hall–Kier alpha value is -5.90. The molecule has 0 aliphatic rings. The molecular formula is C44H26N2S. The van der Waals surface area contributed by atoms with Crippen LogP contribution in [0.1, 0.15) is 0 Å². The van der Waals surface area contributed by atoms with Gasteiger partial charge in [0.1, 0.15) is 0 Å². The summed E-state index contributed by atoms with van der Waals surface area (Å²) < 4.78 is 7.66. The number of aromatic nitrogens is 2. The van der Waals surface area contributed by atoms with E-state index in [0.29, 0.717) is 0 Å². The molecule has 0 fully saturated rings. The standard InChI is InChI=1S/C44H26N2S/c1-2-12-29(13-3-1)45-39-25-19-27-10-4-6-14-31(27)41(39)37-24-23-35-33-16-8-9-17-38(33)46(42(35)43(37)45)30-20-22-34-36-21-18-28-11-5-7-15-32(28)44(36)47-40(34)26-30/h1-26H. The largest absolute Gasteiger partial charge is 0.307 e. The van der Waals surface area contributed by atoms with Gasteiger partial charge in [-0.1, -0.05) is 121 Å².